The zero-order chi connectivity index (χ0) is 23.4. The van der Waals surface area contributed by atoms with E-state index in [1.165, 1.54) is 0 Å². The molecule has 0 atom stereocenters. The molecule has 0 spiro atoms. The maximum absolute atomic E-state index is 13.3. The van der Waals surface area contributed by atoms with Crippen molar-refractivity contribution >= 4 is 43.2 Å². The number of benzene rings is 2. The fourth-order valence-corrected chi connectivity index (χ4v) is 5.40. The average molecular weight is 524 g/mol. The van der Waals surface area contributed by atoms with Gasteiger partial charge < -0.3 is 20.2 Å². The minimum absolute atomic E-state index is 0. The zero-order valence-corrected chi connectivity index (χ0v) is 24.2. The Labute approximate surface area is 241 Å². The second-order valence-corrected chi connectivity index (χ2v) is 10.6. The summed E-state index contributed by atoms with van der Waals surface area (Å²) in [6.45, 7) is 0. The number of fused-ring (bicyclic) bond motifs is 2. The molecule has 1 saturated carbocycles. The van der Waals surface area contributed by atoms with E-state index in [0.717, 1.165) is 56.4 Å². The SMILES string of the molecule is Nc1c(S(=O)(=O)[O-])cc(NC2CCCCC2)c2c1C(=O)c1cc(S(=O)(=O)[O-])ccc1C2=O.[Na+].[Na+]. The van der Waals surface area contributed by atoms with Gasteiger partial charge in [-0.05, 0) is 37.1 Å². The second kappa shape index (κ2) is 10.7. The molecule has 0 amide bonds. The van der Waals surface area contributed by atoms with Gasteiger partial charge in [0.2, 0.25) is 0 Å². The molecule has 0 unspecified atom stereocenters. The molecule has 0 aromatic heterocycles. The summed E-state index contributed by atoms with van der Waals surface area (Å²) in [6, 6.07) is 3.61. The van der Waals surface area contributed by atoms with Crippen molar-refractivity contribution in [3.63, 3.8) is 0 Å². The van der Waals surface area contributed by atoms with Gasteiger partial charge >= 0.3 is 59.1 Å². The summed E-state index contributed by atoms with van der Waals surface area (Å²) in [7, 11) is -10.0. The molecule has 2 aliphatic carbocycles. The molecule has 14 heteroatoms. The molecule has 0 aliphatic heterocycles. The Bertz CT molecular complexity index is 1390. The molecule has 34 heavy (non-hydrogen) atoms. The van der Waals surface area contributed by atoms with Gasteiger partial charge in [-0.2, -0.15) is 0 Å². The topological polar surface area (TPSA) is 187 Å². The van der Waals surface area contributed by atoms with Crippen molar-refractivity contribution in [2.45, 2.75) is 47.9 Å². The van der Waals surface area contributed by atoms with E-state index in [1.807, 2.05) is 0 Å². The minimum atomic E-state index is -5.10. The van der Waals surface area contributed by atoms with E-state index >= 15 is 0 Å². The van der Waals surface area contributed by atoms with Gasteiger partial charge in [0.05, 0.1) is 26.6 Å². The summed E-state index contributed by atoms with van der Waals surface area (Å²) in [5.74, 6) is -1.65. The van der Waals surface area contributed by atoms with Crippen molar-refractivity contribution in [3.05, 3.63) is 46.5 Å². The number of hydrogen-bond donors (Lipinski definition) is 2. The third-order valence-electron chi connectivity index (χ3n) is 5.79. The van der Waals surface area contributed by atoms with Gasteiger partial charge in [-0.1, -0.05) is 19.3 Å². The van der Waals surface area contributed by atoms with Gasteiger partial charge in [0.1, 0.15) is 20.2 Å². The molecule has 2 aliphatic rings. The molecule has 170 valence electrons. The predicted octanol–water partition coefficient (Wildman–Crippen LogP) is -4.39. The Hall–Kier alpha value is -0.800. The summed E-state index contributed by atoms with van der Waals surface area (Å²) >= 11 is 0. The van der Waals surface area contributed by atoms with Gasteiger partial charge in [0, 0.05) is 22.9 Å². The van der Waals surface area contributed by atoms with Crippen LogP contribution in [0.1, 0.15) is 63.9 Å². The largest absolute Gasteiger partial charge is 1.00 e. The fourth-order valence-electron chi connectivity index (χ4n) is 4.27. The number of carbonyl (C=O) groups is 2. The first-order valence-corrected chi connectivity index (χ1v) is 12.6. The summed E-state index contributed by atoms with van der Waals surface area (Å²) in [5, 5.41) is 3.09. The number of hydrogen-bond acceptors (Lipinski definition) is 10. The van der Waals surface area contributed by atoms with Crippen LogP contribution < -0.4 is 70.2 Å². The Balaban J connectivity index is 0.00000204. The fraction of sp³-hybridized carbons (Fsp3) is 0.300. The Kier molecular flexibility index (Phi) is 9.24. The molecule has 0 saturated heterocycles. The van der Waals surface area contributed by atoms with Crippen LogP contribution in [0.25, 0.3) is 0 Å². The number of ketones is 2. The van der Waals surface area contributed by atoms with Crippen molar-refractivity contribution in [2.24, 2.45) is 0 Å². The number of anilines is 2. The molecule has 2 aromatic carbocycles. The number of nitrogens with one attached hydrogen (secondary N) is 1. The maximum atomic E-state index is 13.3. The number of nitrogens with two attached hydrogens (primary N) is 1. The molecule has 0 radical (unpaired) electrons. The Morgan fingerprint density at radius 2 is 1.41 bits per heavy atom. The van der Waals surface area contributed by atoms with Crippen molar-refractivity contribution < 1.29 is 94.6 Å². The van der Waals surface area contributed by atoms with E-state index in [1.54, 1.807) is 0 Å². The van der Waals surface area contributed by atoms with Gasteiger partial charge in [-0.15, -0.1) is 0 Å². The van der Waals surface area contributed by atoms with Crippen molar-refractivity contribution in [2.75, 3.05) is 11.1 Å². The molecule has 0 heterocycles. The van der Waals surface area contributed by atoms with E-state index in [2.05, 4.69) is 5.32 Å². The van der Waals surface area contributed by atoms with Crippen LogP contribution in [0.2, 0.25) is 0 Å². The molecular weight excluding hydrogens is 506 g/mol. The van der Waals surface area contributed by atoms with Gasteiger partial charge in [0.15, 0.2) is 11.6 Å². The van der Waals surface area contributed by atoms with Crippen LogP contribution in [0.3, 0.4) is 0 Å². The molecule has 3 N–H and O–H groups in total. The average Bonchev–Trinajstić information content (AvgIpc) is 2.71. The molecule has 1 fully saturated rings. The van der Waals surface area contributed by atoms with Crippen LogP contribution in [-0.2, 0) is 20.2 Å². The Morgan fingerprint density at radius 3 is 1.97 bits per heavy atom. The van der Waals surface area contributed by atoms with Crippen molar-refractivity contribution in [1.82, 2.24) is 0 Å². The molecule has 10 nitrogen and oxygen atoms in total. The predicted molar refractivity (Wildman–Crippen MR) is 111 cm³/mol. The van der Waals surface area contributed by atoms with Crippen molar-refractivity contribution in [3.8, 4) is 0 Å². The smallest absolute Gasteiger partial charge is 0.744 e. The van der Waals surface area contributed by atoms with E-state index in [0.29, 0.717) is 0 Å². The van der Waals surface area contributed by atoms with Gasteiger partial charge in [0.25, 0.3) is 0 Å². The number of carbonyl (C=O) groups excluding carboxylic acids is 2. The monoisotopic (exact) mass is 524 g/mol. The summed E-state index contributed by atoms with van der Waals surface area (Å²) in [5.41, 5.74) is 3.93. The molecule has 2 aromatic rings. The third-order valence-corrected chi connectivity index (χ3v) is 7.49. The third kappa shape index (κ3) is 5.46. The number of nitrogen functional groups attached to an aromatic ring is 1. The molecule has 0 bridgehead atoms. The summed E-state index contributed by atoms with van der Waals surface area (Å²) in [6.07, 6.45) is 4.38. The van der Waals surface area contributed by atoms with Crippen LogP contribution in [0, 0.1) is 0 Å². The van der Waals surface area contributed by atoms with E-state index in [9.17, 15) is 35.5 Å². The van der Waals surface area contributed by atoms with Gasteiger partial charge in [-0.3, -0.25) is 9.59 Å². The first-order valence-electron chi connectivity index (χ1n) is 9.78. The van der Waals surface area contributed by atoms with E-state index in [4.69, 9.17) is 5.73 Å². The Morgan fingerprint density at radius 1 is 0.824 bits per heavy atom. The normalized spacial score (nSPS) is 16.1. The van der Waals surface area contributed by atoms with Crippen molar-refractivity contribution in [1.29, 1.82) is 0 Å². The second-order valence-electron chi connectivity index (χ2n) is 7.84. The summed E-state index contributed by atoms with van der Waals surface area (Å²) < 4.78 is 69.6. The zero-order valence-electron chi connectivity index (χ0n) is 18.6. The first-order chi connectivity index (χ1) is 14.9. The van der Waals surface area contributed by atoms with Crippen LogP contribution in [0.4, 0.5) is 11.4 Å². The number of rotatable bonds is 4. The standard InChI is InChI=1S/C20H20N2O8S2.2Na/c21-18-15(32(28,29)30)9-14(22-10-4-2-1-3-5-10)16-17(18)20(24)13-8-11(31(25,26)27)6-7-12(13)19(16)23;;/h6-10,22H,1-5,21H2,(H,25,26,27)(H,28,29,30);;/q;2*+1/p-2. The van der Waals surface area contributed by atoms with Crippen LogP contribution in [0.15, 0.2) is 34.1 Å². The minimum Gasteiger partial charge on any atom is -0.744 e. The molecule has 4 rings (SSSR count). The first kappa shape index (κ1) is 29.4. The van der Waals surface area contributed by atoms with Gasteiger partial charge in [-0.25, -0.2) is 16.8 Å². The molecular formula is C20H18N2Na2O8S2. The maximum Gasteiger partial charge on any atom is 1.00 e. The van der Waals surface area contributed by atoms with Crippen LogP contribution in [-0.4, -0.2) is 43.5 Å². The summed E-state index contributed by atoms with van der Waals surface area (Å²) in [4.78, 5) is 24.9. The van der Waals surface area contributed by atoms with Crippen LogP contribution >= 0.6 is 0 Å². The van der Waals surface area contributed by atoms with E-state index in [-0.39, 0.29) is 82.0 Å². The van der Waals surface area contributed by atoms with E-state index < -0.39 is 58.4 Å². The quantitative estimate of drug-likeness (QED) is 0.192. The van der Waals surface area contributed by atoms with Crippen LogP contribution in [0.5, 0.6) is 0 Å².